The van der Waals surface area contributed by atoms with Crippen molar-refractivity contribution in [2.24, 2.45) is 0 Å². The lowest BCUT2D eigenvalue weighted by Gasteiger charge is -2.25. The van der Waals surface area contributed by atoms with Crippen LogP contribution in [-0.4, -0.2) is 43.4 Å². The first kappa shape index (κ1) is 13.4. The SMILES string of the molecule is C[N+](C)(C)CC(Cl)CCl.[Cl-]. The van der Waals surface area contributed by atoms with E-state index < -0.39 is 0 Å². The first-order chi connectivity index (χ1) is 3.95. The summed E-state index contributed by atoms with van der Waals surface area (Å²) in [6.07, 6.45) is 0. The van der Waals surface area contributed by atoms with Gasteiger partial charge in [-0.3, -0.25) is 0 Å². The molecule has 0 aromatic heterocycles. The molecule has 0 aromatic rings. The van der Waals surface area contributed by atoms with Crippen LogP contribution in [0.25, 0.3) is 0 Å². The summed E-state index contributed by atoms with van der Waals surface area (Å²) < 4.78 is 0.876. The third-order valence-corrected chi connectivity index (χ3v) is 1.74. The maximum atomic E-state index is 5.80. The van der Waals surface area contributed by atoms with Gasteiger partial charge in [-0.2, -0.15) is 0 Å². The molecule has 0 saturated carbocycles. The first-order valence-corrected chi connectivity index (χ1v) is 3.93. The number of alkyl halides is 2. The highest BCUT2D eigenvalue weighted by Gasteiger charge is 2.13. The molecule has 10 heavy (non-hydrogen) atoms. The average molecular weight is 207 g/mol. The Balaban J connectivity index is 0. The van der Waals surface area contributed by atoms with Crippen LogP contribution in [0.1, 0.15) is 0 Å². The summed E-state index contributed by atoms with van der Waals surface area (Å²) in [5, 5.41) is 0.103. The van der Waals surface area contributed by atoms with Crippen LogP contribution in [0, 0.1) is 0 Å². The molecule has 1 nitrogen and oxygen atoms in total. The van der Waals surface area contributed by atoms with Gasteiger partial charge in [-0.1, -0.05) is 0 Å². The van der Waals surface area contributed by atoms with Crippen molar-refractivity contribution in [2.45, 2.75) is 5.38 Å². The minimum atomic E-state index is 0. The highest BCUT2D eigenvalue weighted by Crippen LogP contribution is 2.03. The van der Waals surface area contributed by atoms with Crippen LogP contribution in [0.15, 0.2) is 0 Å². The topological polar surface area (TPSA) is 0 Å². The molecule has 0 fully saturated rings. The van der Waals surface area contributed by atoms with Gasteiger partial charge < -0.3 is 16.9 Å². The number of rotatable bonds is 3. The van der Waals surface area contributed by atoms with E-state index >= 15 is 0 Å². The van der Waals surface area contributed by atoms with Crippen LogP contribution < -0.4 is 12.4 Å². The van der Waals surface area contributed by atoms with Gasteiger partial charge in [0, 0.05) is 5.88 Å². The van der Waals surface area contributed by atoms with E-state index in [9.17, 15) is 0 Å². The molecule has 4 heteroatoms. The van der Waals surface area contributed by atoms with Gasteiger partial charge in [0.05, 0.1) is 33.1 Å². The molecule has 0 saturated heterocycles. The molecule has 0 aliphatic carbocycles. The zero-order chi connectivity index (χ0) is 7.49. The predicted molar refractivity (Wildman–Crippen MR) is 43.3 cm³/mol. The molecule has 0 amide bonds. The Hall–Kier alpha value is 0.830. The van der Waals surface area contributed by atoms with Crippen LogP contribution in [0.4, 0.5) is 0 Å². The highest BCUT2D eigenvalue weighted by molar-refractivity contribution is 6.28. The molecule has 0 bridgehead atoms. The van der Waals surface area contributed by atoms with Crippen molar-refractivity contribution in [1.82, 2.24) is 0 Å². The van der Waals surface area contributed by atoms with Gasteiger partial charge in [0.15, 0.2) is 0 Å². The average Bonchev–Trinajstić information content (AvgIpc) is 1.62. The minimum Gasteiger partial charge on any atom is -1.00 e. The Bertz CT molecular complexity index is 79.6. The van der Waals surface area contributed by atoms with Crippen LogP contribution in [0.5, 0.6) is 0 Å². The van der Waals surface area contributed by atoms with Gasteiger partial charge in [-0.15, -0.1) is 23.2 Å². The van der Waals surface area contributed by atoms with Crippen molar-refractivity contribution in [1.29, 1.82) is 0 Å². The quantitative estimate of drug-likeness (QED) is 0.391. The van der Waals surface area contributed by atoms with Crippen LogP contribution in [0.2, 0.25) is 0 Å². The van der Waals surface area contributed by atoms with Crippen molar-refractivity contribution in [3.8, 4) is 0 Å². The van der Waals surface area contributed by atoms with Gasteiger partial charge in [0.1, 0.15) is 0 Å². The van der Waals surface area contributed by atoms with Crippen LogP contribution in [-0.2, 0) is 0 Å². The lowest BCUT2D eigenvalue weighted by atomic mass is 10.4. The van der Waals surface area contributed by atoms with Gasteiger partial charge >= 0.3 is 0 Å². The van der Waals surface area contributed by atoms with E-state index in [2.05, 4.69) is 21.1 Å². The molecule has 1 atom stereocenters. The standard InChI is InChI=1S/C6H14Cl2N.ClH/c1-9(2,3)5-6(8)4-7;/h6H,4-5H2,1-3H3;1H/q+1;/p-1. The van der Waals surface area contributed by atoms with E-state index in [0.29, 0.717) is 5.88 Å². The summed E-state index contributed by atoms with van der Waals surface area (Å²) in [6, 6.07) is 0. The highest BCUT2D eigenvalue weighted by atomic mass is 35.5. The minimum absolute atomic E-state index is 0. The van der Waals surface area contributed by atoms with E-state index in [1.165, 1.54) is 0 Å². The van der Waals surface area contributed by atoms with Gasteiger partial charge in [-0.25, -0.2) is 0 Å². The maximum absolute atomic E-state index is 5.80. The number of hydrogen-bond acceptors (Lipinski definition) is 0. The number of quaternary nitrogens is 1. The normalized spacial score (nSPS) is 14.1. The van der Waals surface area contributed by atoms with E-state index in [1.54, 1.807) is 0 Å². The van der Waals surface area contributed by atoms with E-state index in [4.69, 9.17) is 23.2 Å². The molecule has 0 spiro atoms. The molecule has 0 aliphatic rings. The summed E-state index contributed by atoms with van der Waals surface area (Å²) in [7, 11) is 6.30. The molecule has 0 N–H and O–H groups in total. The second-order valence-electron chi connectivity index (χ2n) is 3.22. The number of hydrogen-bond donors (Lipinski definition) is 0. The Morgan fingerprint density at radius 3 is 1.80 bits per heavy atom. The monoisotopic (exact) mass is 205 g/mol. The zero-order valence-corrected chi connectivity index (χ0v) is 8.84. The third kappa shape index (κ3) is 8.83. The number of nitrogens with zero attached hydrogens (tertiary/aromatic N) is 1. The third-order valence-electron chi connectivity index (χ3n) is 0.913. The van der Waals surface area contributed by atoms with E-state index in [1.807, 2.05) is 0 Å². The number of halogens is 3. The maximum Gasteiger partial charge on any atom is 0.0960 e. The molecule has 0 aromatic carbocycles. The van der Waals surface area contributed by atoms with E-state index in [0.717, 1.165) is 11.0 Å². The molecule has 1 unspecified atom stereocenters. The molecule has 0 heterocycles. The summed E-state index contributed by atoms with van der Waals surface area (Å²) in [6.45, 7) is 0.922. The van der Waals surface area contributed by atoms with Crippen molar-refractivity contribution < 1.29 is 16.9 Å². The summed E-state index contributed by atoms with van der Waals surface area (Å²) in [4.78, 5) is 0. The smallest absolute Gasteiger partial charge is 0.0960 e. The van der Waals surface area contributed by atoms with Crippen molar-refractivity contribution in [3.05, 3.63) is 0 Å². The van der Waals surface area contributed by atoms with Crippen molar-refractivity contribution >= 4 is 23.2 Å². The van der Waals surface area contributed by atoms with Gasteiger partial charge in [0.25, 0.3) is 0 Å². The van der Waals surface area contributed by atoms with Gasteiger partial charge in [0.2, 0.25) is 0 Å². The van der Waals surface area contributed by atoms with Crippen molar-refractivity contribution in [3.63, 3.8) is 0 Å². The Kier molecular flexibility index (Phi) is 7.35. The molecule has 0 aliphatic heterocycles. The molecule has 64 valence electrons. The van der Waals surface area contributed by atoms with Gasteiger partial charge in [-0.05, 0) is 0 Å². The Morgan fingerprint density at radius 2 is 1.70 bits per heavy atom. The lowest BCUT2D eigenvalue weighted by Crippen LogP contribution is -3.00. The predicted octanol–water partition coefficient (Wildman–Crippen LogP) is -1.46. The lowest BCUT2D eigenvalue weighted by molar-refractivity contribution is -0.869. The fourth-order valence-corrected chi connectivity index (χ4v) is 1.15. The molecule has 0 radical (unpaired) electrons. The largest absolute Gasteiger partial charge is 1.00 e. The van der Waals surface area contributed by atoms with Crippen LogP contribution in [0.3, 0.4) is 0 Å². The molecule has 0 rings (SSSR count). The summed E-state index contributed by atoms with van der Waals surface area (Å²) in [5.41, 5.74) is 0. The summed E-state index contributed by atoms with van der Waals surface area (Å²) >= 11 is 11.3. The Morgan fingerprint density at radius 1 is 1.30 bits per heavy atom. The van der Waals surface area contributed by atoms with Crippen molar-refractivity contribution in [2.75, 3.05) is 33.6 Å². The fourth-order valence-electron chi connectivity index (χ4n) is 0.643. The molecular weight excluding hydrogens is 192 g/mol. The first-order valence-electron chi connectivity index (χ1n) is 2.96. The Labute approximate surface area is 79.3 Å². The fraction of sp³-hybridized carbons (Fsp3) is 1.00. The van der Waals surface area contributed by atoms with Crippen LogP contribution >= 0.6 is 23.2 Å². The second-order valence-corrected chi connectivity index (χ2v) is 4.15. The van der Waals surface area contributed by atoms with E-state index in [-0.39, 0.29) is 17.8 Å². The zero-order valence-electron chi connectivity index (χ0n) is 6.57. The second kappa shape index (κ2) is 5.48. The molecular formula is C6H14Cl3N. The summed E-state index contributed by atoms with van der Waals surface area (Å²) in [5.74, 6) is 0.539.